The van der Waals surface area contributed by atoms with E-state index in [1.807, 2.05) is 25.7 Å². The van der Waals surface area contributed by atoms with Crippen LogP contribution in [0.1, 0.15) is 52.9 Å². The van der Waals surface area contributed by atoms with Gasteiger partial charge in [-0.15, -0.1) is 0 Å². The Morgan fingerprint density at radius 1 is 1.23 bits per heavy atom. The maximum atomic E-state index is 12.1. The van der Waals surface area contributed by atoms with Crippen LogP contribution in [0.5, 0.6) is 0 Å². The standard InChI is InChI=1S/C17H30N2O3/c1-17(2,3)22-16(20)19-9-7-12(11-19)18-14-5-4-6-15-13(14)8-10-21-15/h12-15,18H,4-11H2,1-3H3/t12-,13-,14+,15+/m0/s1. The van der Waals surface area contributed by atoms with Gasteiger partial charge in [0.05, 0.1) is 6.10 Å². The SMILES string of the molecule is CC(C)(C)OC(=O)N1CC[C@H](N[C@@H]2CCC[C@H]3OCC[C@@H]23)C1. The topological polar surface area (TPSA) is 50.8 Å². The Morgan fingerprint density at radius 2 is 2.05 bits per heavy atom. The molecule has 1 amide bonds. The van der Waals surface area contributed by atoms with Crippen LogP contribution in [0.3, 0.4) is 0 Å². The van der Waals surface area contributed by atoms with Crippen LogP contribution in [0, 0.1) is 5.92 Å². The van der Waals surface area contributed by atoms with Crippen molar-refractivity contribution in [2.45, 2.75) is 76.7 Å². The van der Waals surface area contributed by atoms with Gasteiger partial charge in [0.1, 0.15) is 5.60 Å². The molecule has 2 heterocycles. The minimum absolute atomic E-state index is 0.178. The largest absolute Gasteiger partial charge is 0.444 e. The summed E-state index contributed by atoms with van der Waals surface area (Å²) in [7, 11) is 0. The molecule has 1 aliphatic carbocycles. The first-order chi connectivity index (χ1) is 10.4. The fourth-order valence-corrected chi connectivity index (χ4v) is 4.07. The molecule has 22 heavy (non-hydrogen) atoms. The van der Waals surface area contributed by atoms with Crippen molar-refractivity contribution in [3.05, 3.63) is 0 Å². The van der Waals surface area contributed by atoms with E-state index in [1.54, 1.807) is 0 Å². The predicted octanol–water partition coefficient (Wildman–Crippen LogP) is 2.54. The van der Waals surface area contributed by atoms with Gasteiger partial charge in [0.15, 0.2) is 0 Å². The van der Waals surface area contributed by atoms with Gasteiger partial charge in [-0.25, -0.2) is 4.79 Å². The van der Waals surface area contributed by atoms with Gasteiger partial charge in [0, 0.05) is 37.7 Å². The van der Waals surface area contributed by atoms with E-state index in [1.165, 1.54) is 25.7 Å². The number of nitrogens with zero attached hydrogens (tertiary/aromatic N) is 1. The zero-order chi connectivity index (χ0) is 15.7. The number of hydrogen-bond donors (Lipinski definition) is 1. The van der Waals surface area contributed by atoms with E-state index in [9.17, 15) is 4.79 Å². The highest BCUT2D eigenvalue weighted by Gasteiger charge is 2.39. The van der Waals surface area contributed by atoms with Crippen LogP contribution in [0.4, 0.5) is 4.79 Å². The molecule has 0 spiro atoms. The van der Waals surface area contributed by atoms with Gasteiger partial charge in [-0.1, -0.05) is 0 Å². The monoisotopic (exact) mass is 310 g/mol. The van der Waals surface area contributed by atoms with Crippen molar-refractivity contribution in [2.24, 2.45) is 5.92 Å². The minimum atomic E-state index is -0.416. The first-order valence-electron chi connectivity index (χ1n) is 8.78. The van der Waals surface area contributed by atoms with Crippen LogP contribution in [0.15, 0.2) is 0 Å². The van der Waals surface area contributed by atoms with Crippen molar-refractivity contribution < 1.29 is 14.3 Å². The van der Waals surface area contributed by atoms with Gasteiger partial charge in [0.2, 0.25) is 0 Å². The maximum absolute atomic E-state index is 12.1. The summed E-state index contributed by atoms with van der Waals surface area (Å²) in [6.45, 7) is 8.23. The number of rotatable bonds is 2. The number of carbonyl (C=O) groups is 1. The zero-order valence-corrected chi connectivity index (χ0v) is 14.1. The molecule has 0 aromatic carbocycles. The highest BCUT2D eigenvalue weighted by Crippen LogP contribution is 2.35. The number of ether oxygens (including phenoxy) is 2. The lowest BCUT2D eigenvalue weighted by Crippen LogP contribution is -2.48. The third-order valence-electron chi connectivity index (χ3n) is 5.07. The highest BCUT2D eigenvalue weighted by molar-refractivity contribution is 5.68. The van der Waals surface area contributed by atoms with Gasteiger partial charge in [-0.05, 0) is 52.9 Å². The normalized spacial score (nSPS) is 35.5. The summed E-state index contributed by atoms with van der Waals surface area (Å²) < 4.78 is 11.3. The minimum Gasteiger partial charge on any atom is -0.444 e. The molecule has 5 nitrogen and oxygen atoms in total. The molecule has 2 aliphatic heterocycles. The molecule has 0 bridgehead atoms. The molecule has 2 saturated heterocycles. The molecule has 5 heteroatoms. The molecular weight excluding hydrogens is 280 g/mol. The smallest absolute Gasteiger partial charge is 0.410 e. The van der Waals surface area contributed by atoms with Crippen LogP contribution < -0.4 is 5.32 Å². The second-order valence-corrected chi connectivity index (χ2v) is 7.98. The van der Waals surface area contributed by atoms with Crippen LogP contribution in [-0.2, 0) is 9.47 Å². The van der Waals surface area contributed by atoms with Crippen molar-refractivity contribution >= 4 is 6.09 Å². The first kappa shape index (κ1) is 16.1. The van der Waals surface area contributed by atoms with Crippen LogP contribution in [0.2, 0.25) is 0 Å². The summed E-state index contributed by atoms with van der Waals surface area (Å²) in [6.07, 6.45) is 6.21. The lowest BCUT2D eigenvalue weighted by Gasteiger charge is -2.35. The molecule has 0 aromatic rings. The molecule has 4 atom stereocenters. The van der Waals surface area contributed by atoms with E-state index in [0.717, 1.165) is 26.1 Å². The van der Waals surface area contributed by atoms with Gasteiger partial charge in [-0.3, -0.25) is 0 Å². The number of likely N-dealkylation sites (tertiary alicyclic amines) is 1. The van der Waals surface area contributed by atoms with Gasteiger partial charge in [0.25, 0.3) is 0 Å². The lowest BCUT2D eigenvalue weighted by atomic mass is 9.81. The van der Waals surface area contributed by atoms with E-state index in [2.05, 4.69) is 5.32 Å². The maximum Gasteiger partial charge on any atom is 0.410 e. The Balaban J connectivity index is 1.49. The van der Waals surface area contributed by atoms with E-state index >= 15 is 0 Å². The molecule has 3 rings (SSSR count). The van der Waals surface area contributed by atoms with Crippen molar-refractivity contribution in [3.8, 4) is 0 Å². The lowest BCUT2D eigenvalue weighted by molar-refractivity contribution is 0.0284. The second kappa shape index (κ2) is 6.36. The van der Waals surface area contributed by atoms with E-state index in [0.29, 0.717) is 24.1 Å². The molecule has 0 aromatic heterocycles. The van der Waals surface area contributed by atoms with Crippen LogP contribution in [0.25, 0.3) is 0 Å². The molecule has 0 radical (unpaired) electrons. The fourth-order valence-electron chi connectivity index (χ4n) is 4.07. The molecule has 126 valence electrons. The molecule has 0 unspecified atom stereocenters. The van der Waals surface area contributed by atoms with Crippen molar-refractivity contribution in [1.82, 2.24) is 10.2 Å². The number of carbonyl (C=O) groups excluding carboxylic acids is 1. The molecule has 1 N–H and O–H groups in total. The quantitative estimate of drug-likeness (QED) is 0.851. The third-order valence-corrected chi connectivity index (χ3v) is 5.07. The van der Waals surface area contributed by atoms with Crippen LogP contribution >= 0.6 is 0 Å². The summed E-state index contributed by atoms with van der Waals surface area (Å²) in [5.41, 5.74) is -0.416. The Morgan fingerprint density at radius 3 is 2.82 bits per heavy atom. The predicted molar refractivity (Wildman–Crippen MR) is 84.8 cm³/mol. The summed E-state index contributed by atoms with van der Waals surface area (Å²) in [6, 6.07) is 0.960. The number of nitrogens with one attached hydrogen (secondary N) is 1. The summed E-state index contributed by atoms with van der Waals surface area (Å²) in [5, 5.41) is 3.81. The number of amides is 1. The van der Waals surface area contributed by atoms with E-state index < -0.39 is 5.60 Å². The Labute approximate surface area is 133 Å². The zero-order valence-electron chi connectivity index (χ0n) is 14.1. The van der Waals surface area contributed by atoms with E-state index in [-0.39, 0.29) is 6.09 Å². The van der Waals surface area contributed by atoms with Crippen LogP contribution in [-0.4, -0.2) is 54.5 Å². The second-order valence-electron chi connectivity index (χ2n) is 7.98. The van der Waals surface area contributed by atoms with Gasteiger partial charge in [-0.2, -0.15) is 0 Å². The Hall–Kier alpha value is -0.810. The summed E-state index contributed by atoms with van der Waals surface area (Å²) >= 11 is 0. The van der Waals surface area contributed by atoms with Gasteiger partial charge < -0.3 is 19.7 Å². The molecule has 3 fully saturated rings. The number of fused-ring (bicyclic) bond motifs is 1. The fraction of sp³-hybridized carbons (Fsp3) is 0.941. The van der Waals surface area contributed by atoms with Crippen molar-refractivity contribution in [2.75, 3.05) is 19.7 Å². The first-order valence-corrected chi connectivity index (χ1v) is 8.78. The third kappa shape index (κ3) is 3.74. The Kier molecular flexibility index (Phi) is 4.64. The molecule has 3 aliphatic rings. The summed E-state index contributed by atoms with van der Waals surface area (Å²) in [4.78, 5) is 14.0. The van der Waals surface area contributed by atoms with Crippen molar-refractivity contribution in [3.63, 3.8) is 0 Å². The average Bonchev–Trinajstić information content (AvgIpc) is 3.05. The van der Waals surface area contributed by atoms with E-state index in [4.69, 9.17) is 9.47 Å². The number of hydrogen-bond acceptors (Lipinski definition) is 4. The average molecular weight is 310 g/mol. The Bertz CT molecular complexity index is 407. The van der Waals surface area contributed by atoms with Gasteiger partial charge >= 0.3 is 6.09 Å². The molecule has 1 saturated carbocycles. The summed E-state index contributed by atoms with van der Waals surface area (Å²) in [5.74, 6) is 0.671. The van der Waals surface area contributed by atoms with Crippen molar-refractivity contribution in [1.29, 1.82) is 0 Å². The highest BCUT2D eigenvalue weighted by atomic mass is 16.6. The molecular formula is C17H30N2O3.